The molecular formula is C21H23BrN4. The highest BCUT2D eigenvalue weighted by molar-refractivity contribution is 9.10. The van der Waals surface area contributed by atoms with E-state index in [0.29, 0.717) is 5.92 Å². The fourth-order valence-electron chi connectivity index (χ4n) is 4.99. The lowest BCUT2D eigenvalue weighted by atomic mass is 10.0. The quantitative estimate of drug-likeness (QED) is 0.645. The van der Waals surface area contributed by atoms with E-state index in [2.05, 4.69) is 73.8 Å². The van der Waals surface area contributed by atoms with Gasteiger partial charge < -0.3 is 9.47 Å². The Morgan fingerprint density at radius 2 is 1.85 bits per heavy atom. The van der Waals surface area contributed by atoms with E-state index in [-0.39, 0.29) is 0 Å². The highest BCUT2D eigenvalue weighted by Gasteiger charge is 2.41. The van der Waals surface area contributed by atoms with Crippen LogP contribution in [0.15, 0.2) is 47.1 Å². The molecule has 0 amide bonds. The Kier molecular flexibility index (Phi) is 4.09. The molecule has 2 aliphatic rings. The molecule has 1 aromatic carbocycles. The smallest absolute Gasteiger partial charge is 0.177 e. The maximum Gasteiger partial charge on any atom is 0.177 e. The van der Waals surface area contributed by atoms with Crippen molar-refractivity contribution in [2.75, 3.05) is 20.1 Å². The summed E-state index contributed by atoms with van der Waals surface area (Å²) in [5, 5.41) is 0. The second-order valence-electron chi connectivity index (χ2n) is 7.95. The van der Waals surface area contributed by atoms with Crippen LogP contribution in [0.25, 0.3) is 11.2 Å². The van der Waals surface area contributed by atoms with Crippen molar-refractivity contribution in [3.8, 4) is 0 Å². The third-order valence-electron chi connectivity index (χ3n) is 6.08. The van der Waals surface area contributed by atoms with Gasteiger partial charge in [0, 0.05) is 36.2 Å². The fraction of sp³-hybridized carbons (Fsp3) is 0.429. The zero-order chi connectivity index (χ0) is 17.7. The highest BCUT2D eigenvalue weighted by atomic mass is 79.9. The van der Waals surface area contributed by atoms with E-state index in [9.17, 15) is 0 Å². The van der Waals surface area contributed by atoms with E-state index in [1.165, 1.54) is 37.3 Å². The van der Waals surface area contributed by atoms with Gasteiger partial charge in [-0.15, -0.1) is 0 Å². The van der Waals surface area contributed by atoms with Gasteiger partial charge in [-0.3, -0.25) is 0 Å². The van der Waals surface area contributed by atoms with Gasteiger partial charge >= 0.3 is 0 Å². The minimum Gasteiger partial charge on any atom is -0.322 e. The summed E-state index contributed by atoms with van der Waals surface area (Å²) < 4.78 is 3.41. The van der Waals surface area contributed by atoms with Gasteiger partial charge in [-0.05, 0) is 59.3 Å². The van der Waals surface area contributed by atoms with Crippen LogP contribution in [0, 0.1) is 11.8 Å². The molecular weight excluding hydrogens is 388 g/mol. The lowest BCUT2D eigenvalue weighted by molar-refractivity contribution is 0.368. The van der Waals surface area contributed by atoms with E-state index in [4.69, 9.17) is 4.98 Å². The zero-order valence-electron chi connectivity index (χ0n) is 15.0. The summed E-state index contributed by atoms with van der Waals surface area (Å²) in [6, 6.07) is 12.8. The van der Waals surface area contributed by atoms with Crippen molar-refractivity contribution in [1.29, 1.82) is 0 Å². The largest absolute Gasteiger partial charge is 0.322 e. The van der Waals surface area contributed by atoms with Crippen molar-refractivity contribution < 1.29 is 0 Å². The summed E-state index contributed by atoms with van der Waals surface area (Å²) in [5.74, 6) is 3.44. The Balaban J connectivity index is 1.55. The summed E-state index contributed by atoms with van der Waals surface area (Å²) in [6.45, 7) is 3.34. The molecule has 2 fully saturated rings. The SMILES string of the molecule is CN1C[C@H]2CC(c3nc4ncc(Br)cc4n3Cc3ccccc3)C[C@H]2C1. The number of pyridine rings is 1. The van der Waals surface area contributed by atoms with E-state index in [0.717, 1.165) is 34.0 Å². The minimum atomic E-state index is 0.551. The predicted octanol–water partition coefficient (Wildman–Crippen LogP) is 4.30. The number of hydrogen-bond donors (Lipinski definition) is 0. The van der Waals surface area contributed by atoms with Crippen LogP contribution in [0.5, 0.6) is 0 Å². The third-order valence-corrected chi connectivity index (χ3v) is 6.52. The number of likely N-dealkylation sites (tertiary alicyclic amines) is 1. The molecule has 5 heteroatoms. The number of hydrogen-bond acceptors (Lipinski definition) is 3. The number of imidazole rings is 1. The second-order valence-corrected chi connectivity index (χ2v) is 8.86. The van der Waals surface area contributed by atoms with Crippen molar-refractivity contribution in [2.24, 2.45) is 11.8 Å². The molecule has 134 valence electrons. The maximum absolute atomic E-state index is 5.00. The minimum absolute atomic E-state index is 0.551. The van der Waals surface area contributed by atoms with Gasteiger partial charge in [0.15, 0.2) is 5.65 Å². The van der Waals surface area contributed by atoms with Crippen molar-refractivity contribution in [1.82, 2.24) is 19.4 Å². The van der Waals surface area contributed by atoms with Gasteiger partial charge in [-0.2, -0.15) is 0 Å². The van der Waals surface area contributed by atoms with Crippen LogP contribution < -0.4 is 0 Å². The number of halogens is 1. The molecule has 26 heavy (non-hydrogen) atoms. The summed E-state index contributed by atoms with van der Waals surface area (Å²) >= 11 is 3.58. The van der Waals surface area contributed by atoms with E-state index in [1.807, 2.05) is 6.20 Å². The molecule has 1 aliphatic heterocycles. The Labute approximate surface area is 162 Å². The van der Waals surface area contributed by atoms with Crippen LogP contribution in [0.1, 0.15) is 30.1 Å². The zero-order valence-corrected chi connectivity index (χ0v) is 16.6. The molecule has 1 saturated carbocycles. The van der Waals surface area contributed by atoms with Crippen molar-refractivity contribution in [2.45, 2.75) is 25.3 Å². The molecule has 2 aromatic heterocycles. The number of aromatic nitrogens is 3. The molecule has 5 rings (SSSR count). The summed E-state index contributed by atoms with van der Waals surface area (Å²) in [4.78, 5) is 12.1. The predicted molar refractivity (Wildman–Crippen MR) is 107 cm³/mol. The molecule has 1 aliphatic carbocycles. The molecule has 1 saturated heterocycles. The molecule has 4 nitrogen and oxygen atoms in total. The fourth-order valence-corrected chi connectivity index (χ4v) is 5.31. The van der Waals surface area contributed by atoms with Crippen LogP contribution in [0.4, 0.5) is 0 Å². The van der Waals surface area contributed by atoms with Crippen LogP contribution >= 0.6 is 15.9 Å². The molecule has 0 bridgehead atoms. The lowest BCUT2D eigenvalue weighted by Gasteiger charge is -2.16. The van der Waals surface area contributed by atoms with Crippen LogP contribution in [-0.4, -0.2) is 39.6 Å². The topological polar surface area (TPSA) is 34.0 Å². The summed E-state index contributed by atoms with van der Waals surface area (Å²) in [6.07, 6.45) is 4.37. The first-order valence-corrected chi connectivity index (χ1v) is 10.2. The van der Waals surface area contributed by atoms with E-state index >= 15 is 0 Å². The monoisotopic (exact) mass is 410 g/mol. The maximum atomic E-state index is 5.00. The molecule has 1 unspecified atom stereocenters. The Bertz CT molecular complexity index is 922. The average molecular weight is 411 g/mol. The van der Waals surface area contributed by atoms with Crippen LogP contribution in [0.2, 0.25) is 0 Å². The second kappa shape index (κ2) is 6.46. The van der Waals surface area contributed by atoms with Gasteiger partial charge in [0.2, 0.25) is 0 Å². The molecule has 0 radical (unpaired) electrons. The van der Waals surface area contributed by atoms with Crippen molar-refractivity contribution >= 4 is 27.1 Å². The van der Waals surface area contributed by atoms with Gasteiger partial charge in [-0.25, -0.2) is 9.97 Å². The summed E-state index contributed by atoms with van der Waals surface area (Å²) in [7, 11) is 2.25. The Morgan fingerprint density at radius 3 is 2.58 bits per heavy atom. The molecule has 3 atom stereocenters. The number of fused-ring (bicyclic) bond motifs is 2. The van der Waals surface area contributed by atoms with Crippen molar-refractivity contribution in [3.63, 3.8) is 0 Å². The molecule has 3 heterocycles. The molecule has 3 aromatic rings. The first kappa shape index (κ1) is 16.5. The number of benzene rings is 1. The normalized spacial score (nSPS) is 25.8. The van der Waals surface area contributed by atoms with Gasteiger partial charge in [0.1, 0.15) is 5.82 Å². The molecule has 0 spiro atoms. The average Bonchev–Trinajstić information content (AvgIpc) is 3.27. The van der Waals surface area contributed by atoms with E-state index in [1.54, 1.807) is 0 Å². The molecule has 0 N–H and O–H groups in total. The number of rotatable bonds is 3. The first-order chi connectivity index (χ1) is 12.7. The van der Waals surface area contributed by atoms with E-state index < -0.39 is 0 Å². The van der Waals surface area contributed by atoms with Gasteiger partial charge in [-0.1, -0.05) is 30.3 Å². The van der Waals surface area contributed by atoms with Crippen LogP contribution in [-0.2, 0) is 6.54 Å². The van der Waals surface area contributed by atoms with Crippen molar-refractivity contribution in [3.05, 3.63) is 58.5 Å². The standard InChI is InChI=1S/C21H23BrN4/c1-25-12-16-7-15(8-17(16)13-25)21-24-20-19(9-18(22)10-23-20)26(21)11-14-5-3-2-4-6-14/h2-6,9-10,15-17H,7-8,11-13H2,1H3/t15?,16-,17+. The lowest BCUT2D eigenvalue weighted by Crippen LogP contribution is -2.17. The third kappa shape index (κ3) is 2.87. The Morgan fingerprint density at radius 1 is 1.12 bits per heavy atom. The Hall–Kier alpha value is -1.72. The first-order valence-electron chi connectivity index (χ1n) is 9.41. The van der Waals surface area contributed by atoms with Crippen LogP contribution in [0.3, 0.4) is 0 Å². The van der Waals surface area contributed by atoms with Gasteiger partial charge in [0.25, 0.3) is 0 Å². The van der Waals surface area contributed by atoms with Gasteiger partial charge in [0.05, 0.1) is 5.52 Å². The summed E-state index contributed by atoms with van der Waals surface area (Å²) in [5.41, 5.74) is 3.31. The highest BCUT2D eigenvalue weighted by Crippen LogP contribution is 2.46. The number of nitrogens with zero attached hydrogens (tertiary/aromatic N) is 4.